The van der Waals surface area contributed by atoms with Gasteiger partial charge in [-0.1, -0.05) is 43.6 Å². The average molecular weight is 356 g/mol. The largest absolute Gasteiger partial charge is 0.497 e. The number of anilines is 1. The van der Waals surface area contributed by atoms with Crippen molar-refractivity contribution in [3.8, 4) is 5.75 Å². The minimum Gasteiger partial charge on any atom is -0.497 e. The molecule has 1 aromatic carbocycles. The van der Waals surface area contributed by atoms with Gasteiger partial charge in [0.15, 0.2) is 0 Å². The van der Waals surface area contributed by atoms with Crippen molar-refractivity contribution in [3.63, 3.8) is 0 Å². The molecule has 4 heteroatoms. The molecule has 2 atom stereocenters. The van der Waals surface area contributed by atoms with Crippen LogP contribution in [-0.2, 0) is 4.74 Å². The molecule has 21 heavy (non-hydrogen) atoms. The van der Waals surface area contributed by atoms with Gasteiger partial charge in [-0.3, -0.25) is 0 Å². The molecule has 1 aliphatic rings. The van der Waals surface area contributed by atoms with Gasteiger partial charge in [0.05, 0.1) is 13.2 Å². The second-order valence-electron chi connectivity index (χ2n) is 6.85. The number of halogens is 1. The predicted octanol–water partition coefficient (Wildman–Crippen LogP) is 4.71. The van der Waals surface area contributed by atoms with Crippen LogP contribution in [0, 0.1) is 11.3 Å². The molecule has 1 N–H and O–H groups in total. The Hall–Kier alpha value is -0.740. The van der Waals surface area contributed by atoms with Crippen molar-refractivity contribution in [2.75, 3.05) is 19.0 Å². The van der Waals surface area contributed by atoms with Crippen LogP contribution in [-0.4, -0.2) is 25.9 Å². The first kappa shape index (κ1) is 16.6. The summed E-state index contributed by atoms with van der Waals surface area (Å²) in [6.45, 7) is 9.76. The van der Waals surface area contributed by atoms with Crippen LogP contribution in [0.2, 0.25) is 0 Å². The number of nitrogens with one attached hydrogen (secondary N) is 1. The number of hydrogen-bond acceptors (Lipinski definition) is 3. The van der Waals surface area contributed by atoms with E-state index in [1.807, 2.05) is 12.1 Å². The summed E-state index contributed by atoms with van der Waals surface area (Å²) in [5.74, 6) is 1.44. The molecule has 0 aliphatic heterocycles. The van der Waals surface area contributed by atoms with Crippen LogP contribution >= 0.6 is 15.9 Å². The fraction of sp³-hybridized carbons (Fsp3) is 0.647. The summed E-state index contributed by atoms with van der Waals surface area (Å²) >= 11 is 3.52. The van der Waals surface area contributed by atoms with Crippen LogP contribution in [0.15, 0.2) is 22.7 Å². The monoisotopic (exact) mass is 355 g/mol. The Morgan fingerprint density at radius 3 is 2.62 bits per heavy atom. The molecule has 0 bridgehead atoms. The zero-order chi connectivity index (χ0) is 15.6. The number of rotatable bonds is 6. The average Bonchev–Trinajstić information content (AvgIpc) is 2.41. The van der Waals surface area contributed by atoms with Crippen molar-refractivity contribution in [1.82, 2.24) is 0 Å². The molecule has 0 spiro atoms. The van der Waals surface area contributed by atoms with E-state index in [2.05, 4.69) is 55.0 Å². The fourth-order valence-electron chi connectivity index (χ4n) is 2.69. The smallest absolute Gasteiger partial charge is 0.122 e. The predicted molar refractivity (Wildman–Crippen MR) is 91.1 cm³/mol. The summed E-state index contributed by atoms with van der Waals surface area (Å²) in [6.07, 6.45) is 1.39. The lowest BCUT2D eigenvalue weighted by Crippen LogP contribution is -2.58. The molecule has 0 radical (unpaired) electrons. The standard InChI is InChI=1S/C17H26BrNO2/c1-11(2)10-21-16-9-15(17(16,3)4)19-13-6-12(18)7-14(8-13)20-5/h6-8,11,15-16,19H,9-10H2,1-5H3. The van der Waals surface area contributed by atoms with Gasteiger partial charge in [-0.15, -0.1) is 0 Å². The molecule has 1 saturated carbocycles. The second-order valence-corrected chi connectivity index (χ2v) is 7.77. The van der Waals surface area contributed by atoms with E-state index < -0.39 is 0 Å². The van der Waals surface area contributed by atoms with Crippen LogP contribution in [0.1, 0.15) is 34.1 Å². The lowest BCUT2D eigenvalue weighted by Gasteiger charge is -2.52. The zero-order valence-corrected chi connectivity index (χ0v) is 15.2. The molecular formula is C17H26BrNO2. The molecule has 2 unspecified atom stereocenters. The van der Waals surface area contributed by atoms with Gasteiger partial charge in [0, 0.05) is 34.3 Å². The summed E-state index contributed by atoms with van der Waals surface area (Å²) in [5.41, 5.74) is 1.23. The molecular weight excluding hydrogens is 330 g/mol. The molecule has 1 aliphatic carbocycles. The van der Waals surface area contributed by atoms with E-state index in [0.717, 1.165) is 28.9 Å². The Morgan fingerprint density at radius 2 is 2.05 bits per heavy atom. The number of hydrogen-bond donors (Lipinski definition) is 1. The first-order valence-corrected chi connectivity index (χ1v) is 8.35. The molecule has 0 saturated heterocycles. The van der Waals surface area contributed by atoms with Gasteiger partial charge < -0.3 is 14.8 Å². The summed E-state index contributed by atoms with van der Waals surface area (Å²) in [5, 5.41) is 3.61. The zero-order valence-electron chi connectivity index (χ0n) is 13.6. The normalized spacial score (nSPS) is 23.8. The van der Waals surface area contributed by atoms with E-state index in [0.29, 0.717) is 18.1 Å². The number of methoxy groups -OCH3 is 1. The van der Waals surface area contributed by atoms with Crippen molar-refractivity contribution in [3.05, 3.63) is 22.7 Å². The SMILES string of the molecule is COc1cc(Br)cc(NC2CC(OCC(C)C)C2(C)C)c1. The van der Waals surface area contributed by atoms with Crippen molar-refractivity contribution in [2.24, 2.45) is 11.3 Å². The van der Waals surface area contributed by atoms with E-state index in [9.17, 15) is 0 Å². The van der Waals surface area contributed by atoms with Crippen LogP contribution in [0.3, 0.4) is 0 Å². The van der Waals surface area contributed by atoms with Gasteiger partial charge in [0.25, 0.3) is 0 Å². The Morgan fingerprint density at radius 1 is 1.33 bits per heavy atom. The second kappa shape index (κ2) is 6.57. The third-order valence-electron chi connectivity index (χ3n) is 4.26. The first-order chi connectivity index (χ1) is 9.82. The highest BCUT2D eigenvalue weighted by Crippen LogP contribution is 2.45. The summed E-state index contributed by atoms with van der Waals surface area (Å²) in [7, 11) is 1.69. The van der Waals surface area contributed by atoms with E-state index in [1.165, 1.54) is 0 Å². The molecule has 3 nitrogen and oxygen atoms in total. The van der Waals surface area contributed by atoms with Crippen molar-refractivity contribution >= 4 is 21.6 Å². The molecule has 1 fully saturated rings. The Balaban J connectivity index is 1.97. The number of ether oxygens (including phenoxy) is 2. The maximum absolute atomic E-state index is 6.02. The molecule has 0 aromatic heterocycles. The molecule has 1 aromatic rings. The molecule has 0 amide bonds. The third kappa shape index (κ3) is 3.92. The third-order valence-corrected chi connectivity index (χ3v) is 4.71. The Labute approximate surface area is 136 Å². The molecule has 2 rings (SSSR count). The quantitative estimate of drug-likeness (QED) is 0.801. The van der Waals surface area contributed by atoms with Gasteiger partial charge in [0.1, 0.15) is 5.75 Å². The van der Waals surface area contributed by atoms with Gasteiger partial charge in [-0.25, -0.2) is 0 Å². The van der Waals surface area contributed by atoms with E-state index in [-0.39, 0.29) is 5.41 Å². The van der Waals surface area contributed by atoms with E-state index >= 15 is 0 Å². The Kier molecular flexibility index (Phi) is 5.20. The topological polar surface area (TPSA) is 30.5 Å². The molecule has 118 valence electrons. The Bertz CT molecular complexity index is 488. The van der Waals surface area contributed by atoms with Gasteiger partial charge in [0.2, 0.25) is 0 Å². The summed E-state index contributed by atoms with van der Waals surface area (Å²) < 4.78 is 12.4. The minimum atomic E-state index is 0.143. The van der Waals surface area contributed by atoms with Crippen LogP contribution < -0.4 is 10.1 Å². The van der Waals surface area contributed by atoms with Crippen molar-refractivity contribution in [2.45, 2.75) is 46.3 Å². The van der Waals surface area contributed by atoms with Crippen molar-refractivity contribution < 1.29 is 9.47 Å². The van der Waals surface area contributed by atoms with Gasteiger partial charge >= 0.3 is 0 Å². The van der Waals surface area contributed by atoms with Gasteiger partial charge in [-0.2, -0.15) is 0 Å². The number of benzene rings is 1. The fourth-order valence-corrected chi connectivity index (χ4v) is 3.16. The van der Waals surface area contributed by atoms with E-state index in [1.54, 1.807) is 7.11 Å². The first-order valence-electron chi connectivity index (χ1n) is 7.55. The minimum absolute atomic E-state index is 0.143. The summed E-state index contributed by atoms with van der Waals surface area (Å²) in [4.78, 5) is 0. The highest BCUT2D eigenvalue weighted by Gasteiger charge is 2.49. The maximum Gasteiger partial charge on any atom is 0.122 e. The van der Waals surface area contributed by atoms with Crippen LogP contribution in [0.5, 0.6) is 5.75 Å². The maximum atomic E-state index is 6.02. The van der Waals surface area contributed by atoms with Crippen LogP contribution in [0.4, 0.5) is 5.69 Å². The molecule has 0 heterocycles. The lowest BCUT2D eigenvalue weighted by molar-refractivity contribution is -0.108. The van der Waals surface area contributed by atoms with Gasteiger partial charge in [-0.05, 0) is 24.5 Å². The van der Waals surface area contributed by atoms with Crippen LogP contribution in [0.25, 0.3) is 0 Å². The summed E-state index contributed by atoms with van der Waals surface area (Å²) in [6, 6.07) is 6.50. The highest BCUT2D eigenvalue weighted by atomic mass is 79.9. The van der Waals surface area contributed by atoms with Crippen molar-refractivity contribution in [1.29, 1.82) is 0 Å². The van der Waals surface area contributed by atoms with E-state index in [4.69, 9.17) is 9.47 Å². The highest BCUT2D eigenvalue weighted by molar-refractivity contribution is 9.10. The lowest BCUT2D eigenvalue weighted by atomic mass is 9.64.